The zero-order valence-corrected chi connectivity index (χ0v) is 23.1. The molecule has 0 aromatic rings. The second kappa shape index (κ2) is 16.1. The zero-order chi connectivity index (χ0) is 25.7. The Morgan fingerprint density at radius 1 is 0.606 bits per heavy atom. The summed E-state index contributed by atoms with van der Waals surface area (Å²) in [6, 6.07) is 0. The van der Waals surface area contributed by atoms with Crippen LogP contribution in [0, 0.1) is 35.5 Å². The van der Waals surface area contributed by atoms with Crippen molar-refractivity contribution in [2.75, 3.05) is 0 Å². The Morgan fingerprint density at radius 2 is 0.970 bits per heavy atom. The van der Waals surface area contributed by atoms with E-state index in [2.05, 4.69) is 86.9 Å². The number of hydrogen-bond donors (Lipinski definition) is 0. The summed E-state index contributed by atoms with van der Waals surface area (Å²) in [7, 11) is 0. The first-order valence-electron chi connectivity index (χ1n) is 13.0. The smallest absolute Gasteiger partial charge is 0.125 e. The van der Waals surface area contributed by atoms with Gasteiger partial charge in [-0.15, -0.1) is 0 Å². The van der Waals surface area contributed by atoms with Crippen molar-refractivity contribution in [1.29, 1.82) is 0 Å². The Kier molecular flexibility index (Phi) is 15.3. The van der Waals surface area contributed by atoms with E-state index >= 15 is 0 Å². The molecule has 0 aliphatic carbocycles. The van der Waals surface area contributed by atoms with Gasteiger partial charge in [0, 0.05) is 0 Å². The maximum atomic E-state index is 13.8. The van der Waals surface area contributed by atoms with E-state index in [0.717, 1.165) is 30.8 Å². The monoisotopic (exact) mass is 456 g/mol. The minimum Gasteiger partial charge on any atom is -0.207 e. The Balaban J connectivity index is 4.47. The Bertz CT molecular complexity index is 702. The second-order valence-electron chi connectivity index (χ2n) is 11.1. The number of rotatable bonds is 17. The first-order chi connectivity index (χ1) is 15.3. The van der Waals surface area contributed by atoms with Gasteiger partial charge in [0.05, 0.1) is 0 Å². The maximum absolute atomic E-state index is 13.8. The highest BCUT2D eigenvalue weighted by Crippen LogP contribution is 2.29. The van der Waals surface area contributed by atoms with Crippen LogP contribution in [0.15, 0.2) is 72.7 Å². The lowest BCUT2D eigenvalue weighted by molar-refractivity contribution is 0.309. The van der Waals surface area contributed by atoms with Crippen LogP contribution in [0.3, 0.4) is 0 Å². The predicted molar refractivity (Wildman–Crippen MR) is 149 cm³/mol. The van der Waals surface area contributed by atoms with Crippen molar-refractivity contribution in [2.24, 2.45) is 35.5 Å². The molecule has 0 heterocycles. The molecule has 0 fully saturated rings. The van der Waals surface area contributed by atoms with Gasteiger partial charge in [-0.3, -0.25) is 0 Å². The van der Waals surface area contributed by atoms with E-state index in [0.29, 0.717) is 29.2 Å². The molecule has 0 rings (SSSR count). The van der Waals surface area contributed by atoms with Crippen LogP contribution in [0.4, 0.5) is 4.39 Å². The van der Waals surface area contributed by atoms with Crippen molar-refractivity contribution < 1.29 is 4.39 Å². The molecule has 33 heavy (non-hydrogen) atoms. The van der Waals surface area contributed by atoms with Gasteiger partial charge in [-0.05, 0) is 91.8 Å². The highest BCUT2D eigenvalue weighted by molar-refractivity contribution is 5.29. The standard InChI is InChI=1S/C32H53F/c1-22(2)13-14-24(5)25(6)15-16-26(7)27(8)17-18-28(9)29(10)19-20-30(11)31(12)21-32(33)23(3)4/h15-16,21-22,24,27-30H,3,6-7,12-14,17-20H2,1-2,4-5,8-11H3/b16-15-,32-21+. The van der Waals surface area contributed by atoms with Gasteiger partial charge in [0.15, 0.2) is 0 Å². The molecule has 0 aliphatic rings. The fourth-order valence-electron chi connectivity index (χ4n) is 3.71. The van der Waals surface area contributed by atoms with E-state index in [4.69, 9.17) is 0 Å². The van der Waals surface area contributed by atoms with Gasteiger partial charge in [-0.2, -0.15) is 0 Å². The Morgan fingerprint density at radius 3 is 1.33 bits per heavy atom. The molecule has 0 N–H and O–H groups in total. The molecule has 188 valence electrons. The van der Waals surface area contributed by atoms with E-state index in [1.165, 1.54) is 30.4 Å². The fraction of sp³-hybridized carbons (Fsp3) is 0.625. The first-order valence-corrected chi connectivity index (χ1v) is 13.0. The van der Waals surface area contributed by atoms with Gasteiger partial charge >= 0.3 is 0 Å². The van der Waals surface area contributed by atoms with Crippen LogP contribution in [0.25, 0.3) is 0 Å². The van der Waals surface area contributed by atoms with Crippen LogP contribution in [-0.4, -0.2) is 0 Å². The molecular formula is C32H53F. The summed E-state index contributed by atoms with van der Waals surface area (Å²) in [5, 5.41) is 0. The number of halogens is 1. The summed E-state index contributed by atoms with van der Waals surface area (Å²) in [4.78, 5) is 0. The summed E-state index contributed by atoms with van der Waals surface area (Å²) in [5.41, 5.74) is 3.72. The second-order valence-corrected chi connectivity index (χ2v) is 11.1. The van der Waals surface area contributed by atoms with Crippen LogP contribution in [0.1, 0.15) is 93.9 Å². The lowest BCUT2D eigenvalue weighted by atomic mass is 9.82. The van der Waals surface area contributed by atoms with Crippen molar-refractivity contribution >= 4 is 0 Å². The molecule has 1 heteroatoms. The van der Waals surface area contributed by atoms with Crippen LogP contribution in [0.2, 0.25) is 0 Å². The van der Waals surface area contributed by atoms with Crippen LogP contribution in [0.5, 0.6) is 0 Å². The van der Waals surface area contributed by atoms with Crippen molar-refractivity contribution in [1.82, 2.24) is 0 Å². The summed E-state index contributed by atoms with van der Waals surface area (Å²) < 4.78 is 13.8. The number of allylic oxidation sites excluding steroid dienone is 8. The van der Waals surface area contributed by atoms with E-state index in [1.54, 1.807) is 13.0 Å². The SMILES string of the molecule is C=C(C)/C(F)=C\C(=C)C(C)CCC(C)C(C)CCC(C)C(=C)/C=C\C(=C)C(C)CCC(C)C. The summed E-state index contributed by atoms with van der Waals surface area (Å²) >= 11 is 0. The van der Waals surface area contributed by atoms with Gasteiger partial charge in [0.1, 0.15) is 5.83 Å². The fourth-order valence-corrected chi connectivity index (χ4v) is 3.71. The number of hydrogen-bond acceptors (Lipinski definition) is 0. The molecule has 0 bridgehead atoms. The molecule has 5 unspecified atom stereocenters. The van der Waals surface area contributed by atoms with Crippen LogP contribution in [-0.2, 0) is 0 Å². The van der Waals surface area contributed by atoms with E-state index in [-0.39, 0.29) is 11.7 Å². The average molecular weight is 457 g/mol. The molecule has 0 spiro atoms. The molecule has 0 aliphatic heterocycles. The predicted octanol–water partition coefficient (Wildman–Crippen LogP) is 10.8. The Hall–Kier alpha value is -1.63. The third kappa shape index (κ3) is 13.6. The van der Waals surface area contributed by atoms with Crippen LogP contribution >= 0.6 is 0 Å². The van der Waals surface area contributed by atoms with E-state index in [1.807, 2.05) is 0 Å². The molecule has 5 atom stereocenters. The zero-order valence-electron chi connectivity index (χ0n) is 23.1. The molecule has 0 nitrogen and oxygen atoms in total. The molecule has 0 saturated carbocycles. The Labute approximate surface area is 206 Å². The van der Waals surface area contributed by atoms with Crippen molar-refractivity contribution in [3.63, 3.8) is 0 Å². The van der Waals surface area contributed by atoms with Gasteiger partial charge in [-0.25, -0.2) is 4.39 Å². The lowest BCUT2D eigenvalue weighted by Crippen LogP contribution is -2.12. The van der Waals surface area contributed by atoms with E-state index in [9.17, 15) is 4.39 Å². The van der Waals surface area contributed by atoms with Crippen molar-refractivity contribution in [2.45, 2.75) is 93.9 Å². The topological polar surface area (TPSA) is 0 Å². The summed E-state index contributed by atoms with van der Waals surface area (Å²) in [6.07, 6.45) is 12.9. The van der Waals surface area contributed by atoms with Gasteiger partial charge in [-0.1, -0.05) is 105 Å². The van der Waals surface area contributed by atoms with Crippen molar-refractivity contribution in [3.8, 4) is 0 Å². The van der Waals surface area contributed by atoms with Gasteiger partial charge < -0.3 is 0 Å². The molecule has 0 radical (unpaired) electrons. The minimum absolute atomic E-state index is 0.259. The molecule has 0 aromatic carbocycles. The highest BCUT2D eigenvalue weighted by atomic mass is 19.1. The third-order valence-electron chi connectivity index (χ3n) is 7.39. The first kappa shape index (κ1) is 31.4. The van der Waals surface area contributed by atoms with E-state index < -0.39 is 0 Å². The molecular weight excluding hydrogens is 403 g/mol. The molecule has 0 aromatic heterocycles. The lowest BCUT2D eigenvalue weighted by Gasteiger charge is -2.23. The molecule has 0 saturated heterocycles. The highest BCUT2D eigenvalue weighted by Gasteiger charge is 2.16. The quantitative estimate of drug-likeness (QED) is 0.191. The summed E-state index contributed by atoms with van der Waals surface area (Å²) in [6.45, 7) is 33.9. The van der Waals surface area contributed by atoms with Crippen LogP contribution < -0.4 is 0 Å². The van der Waals surface area contributed by atoms with Gasteiger partial charge in [0.2, 0.25) is 0 Å². The largest absolute Gasteiger partial charge is 0.207 e. The third-order valence-corrected chi connectivity index (χ3v) is 7.39. The van der Waals surface area contributed by atoms with Crippen molar-refractivity contribution in [3.05, 3.63) is 72.7 Å². The summed E-state index contributed by atoms with van der Waals surface area (Å²) in [5.74, 6) is 3.05. The minimum atomic E-state index is -0.259. The normalized spacial score (nSPS) is 17.0. The van der Waals surface area contributed by atoms with Gasteiger partial charge in [0.25, 0.3) is 0 Å². The maximum Gasteiger partial charge on any atom is 0.125 e. The molecule has 0 amide bonds. The average Bonchev–Trinajstić information content (AvgIpc) is 2.76.